The lowest BCUT2D eigenvalue weighted by Crippen LogP contribution is -2.27. The molecule has 0 radical (unpaired) electrons. The zero-order chi connectivity index (χ0) is 24.4. The number of carbonyl (C=O) groups excluding carboxylic acids is 1. The number of carboxylic acid groups (broad SMARTS) is 1. The van der Waals surface area contributed by atoms with Gasteiger partial charge in [-0.2, -0.15) is 0 Å². The average Bonchev–Trinajstić information content (AvgIpc) is 3.08. The lowest BCUT2D eigenvalue weighted by molar-refractivity contribution is 0.0697. The highest BCUT2D eigenvalue weighted by Crippen LogP contribution is 2.47. The first-order chi connectivity index (χ1) is 17.1. The molecule has 1 aliphatic carbocycles. The van der Waals surface area contributed by atoms with E-state index in [1.807, 2.05) is 24.3 Å². The van der Waals surface area contributed by atoms with Crippen molar-refractivity contribution in [1.29, 1.82) is 0 Å². The number of alkyl carbamates (subject to hydrolysis) is 1. The molecule has 1 amide bonds. The number of ether oxygens (including phenoxy) is 3. The highest BCUT2D eigenvalue weighted by molar-refractivity contribution is 5.98. The van der Waals surface area contributed by atoms with E-state index in [4.69, 9.17) is 9.47 Å². The summed E-state index contributed by atoms with van der Waals surface area (Å²) in [6.45, 7) is 1.74. The van der Waals surface area contributed by atoms with E-state index in [2.05, 4.69) is 14.6 Å². The number of nitrogens with one attached hydrogen (secondary N) is 1. The minimum Gasteiger partial charge on any atom is -0.492 e. The second-order valence-electron chi connectivity index (χ2n) is 9.06. The molecule has 2 N–H and O–H groups in total. The molecule has 3 aromatic rings. The Kier molecular flexibility index (Phi) is 6.53. The molecule has 0 atom stereocenters. The van der Waals surface area contributed by atoms with Crippen LogP contribution in [0.15, 0.2) is 36.4 Å². The molecule has 1 saturated carbocycles. The fourth-order valence-electron chi connectivity index (χ4n) is 5.38. The Morgan fingerprint density at radius 2 is 1.97 bits per heavy atom. The Morgan fingerprint density at radius 3 is 2.74 bits per heavy atom. The second kappa shape index (κ2) is 9.90. The molecule has 1 fully saturated rings. The van der Waals surface area contributed by atoms with E-state index in [1.54, 1.807) is 12.1 Å². The molecule has 0 spiro atoms. The summed E-state index contributed by atoms with van der Waals surface area (Å²) in [5, 5.41) is 13.3. The van der Waals surface area contributed by atoms with Gasteiger partial charge >= 0.3 is 12.1 Å². The number of amides is 1. The lowest BCUT2D eigenvalue weighted by atomic mass is 9.81. The number of nitrogens with zero attached hydrogens (tertiary/aromatic N) is 1. The molecule has 184 valence electrons. The summed E-state index contributed by atoms with van der Waals surface area (Å²) in [5.41, 5.74) is 4.67. The van der Waals surface area contributed by atoms with Crippen molar-refractivity contribution in [2.24, 2.45) is 0 Å². The van der Waals surface area contributed by atoms with Crippen LogP contribution in [0, 0.1) is 0 Å². The molecule has 2 aliphatic rings. The van der Waals surface area contributed by atoms with E-state index in [-0.39, 0.29) is 0 Å². The third-order valence-corrected chi connectivity index (χ3v) is 6.97. The molecule has 8 heteroatoms. The van der Waals surface area contributed by atoms with Gasteiger partial charge in [0.25, 0.3) is 0 Å². The van der Waals surface area contributed by atoms with Gasteiger partial charge in [-0.3, -0.25) is 0 Å². The van der Waals surface area contributed by atoms with Crippen molar-refractivity contribution in [3.63, 3.8) is 0 Å². The van der Waals surface area contributed by atoms with Crippen molar-refractivity contribution in [3.8, 4) is 22.8 Å². The molecule has 2 aromatic carbocycles. The first-order valence-corrected chi connectivity index (χ1v) is 12.2. The van der Waals surface area contributed by atoms with Crippen LogP contribution in [-0.4, -0.2) is 48.6 Å². The van der Waals surface area contributed by atoms with Crippen LogP contribution in [0.5, 0.6) is 11.5 Å². The van der Waals surface area contributed by atoms with Crippen molar-refractivity contribution < 1.29 is 28.9 Å². The highest BCUT2D eigenvalue weighted by atomic mass is 16.5. The zero-order valence-corrected chi connectivity index (χ0v) is 19.8. The molecular weight excluding hydrogens is 448 g/mol. The monoisotopic (exact) mass is 478 g/mol. The fourth-order valence-corrected chi connectivity index (χ4v) is 5.38. The second-order valence-corrected chi connectivity index (χ2v) is 9.06. The molecule has 1 aliphatic heterocycles. The molecule has 0 unspecified atom stereocenters. The third kappa shape index (κ3) is 4.52. The molecule has 1 aromatic heterocycles. The van der Waals surface area contributed by atoms with Crippen molar-refractivity contribution >= 4 is 23.0 Å². The van der Waals surface area contributed by atoms with Gasteiger partial charge < -0.3 is 29.2 Å². The number of hydrogen-bond donors (Lipinski definition) is 2. The maximum absolute atomic E-state index is 11.7. The Bertz CT molecular complexity index is 1260. The van der Waals surface area contributed by atoms with Gasteiger partial charge in [-0.15, -0.1) is 0 Å². The Hall–Kier alpha value is -3.68. The molecule has 5 rings (SSSR count). The maximum Gasteiger partial charge on any atom is 0.406 e. The number of hydrogen-bond acceptors (Lipinski definition) is 5. The summed E-state index contributed by atoms with van der Waals surface area (Å²) < 4.78 is 18.8. The maximum atomic E-state index is 11.7. The van der Waals surface area contributed by atoms with E-state index in [0.29, 0.717) is 43.5 Å². The van der Waals surface area contributed by atoms with E-state index >= 15 is 0 Å². The molecule has 2 heterocycles. The van der Waals surface area contributed by atoms with Gasteiger partial charge in [0.2, 0.25) is 0 Å². The number of methoxy groups -OCH3 is 1. The first kappa shape index (κ1) is 23.1. The molecule has 8 nitrogen and oxygen atoms in total. The van der Waals surface area contributed by atoms with Crippen molar-refractivity contribution in [1.82, 2.24) is 9.88 Å². The number of carboxylic acids is 1. The number of aromatic carboxylic acids is 1. The van der Waals surface area contributed by atoms with Crippen LogP contribution in [0.1, 0.15) is 53.9 Å². The smallest absolute Gasteiger partial charge is 0.406 e. The number of rotatable bonds is 6. The molecule has 0 bridgehead atoms. The Morgan fingerprint density at radius 1 is 1.14 bits per heavy atom. The number of aromatic nitrogens is 1. The third-order valence-electron chi connectivity index (χ3n) is 6.97. The predicted molar refractivity (Wildman–Crippen MR) is 132 cm³/mol. The summed E-state index contributed by atoms with van der Waals surface area (Å²) in [6.07, 6.45) is 5.46. The quantitative estimate of drug-likeness (QED) is 0.474. The lowest BCUT2D eigenvalue weighted by Gasteiger charge is -2.23. The van der Waals surface area contributed by atoms with E-state index in [0.717, 1.165) is 40.8 Å². The summed E-state index contributed by atoms with van der Waals surface area (Å²) >= 11 is 0. The largest absolute Gasteiger partial charge is 0.492 e. The minimum absolute atomic E-state index is 0.294. The van der Waals surface area contributed by atoms with Crippen LogP contribution >= 0.6 is 0 Å². The number of carbonyl (C=O) groups is 2. The van der Waals surface area contributed by atoms with Gasteiger partial charge in [0.15, 0.2) is 0 Å². The summed E-state index contributed by atoms with van der Waals surface area (Å²) in [5.74, 6) is 0.924. The normalized spacial score (nSPS) is 15.5. The van der Waals surface area contributed by atoms with Crippen LogP contribution in [0.25, 0.3) is 22.2 Å². The first-order valence-electron chi connectivity index (χ1n) is 12.2. The summed E-state index contributed by atoms with van der Waals surface area (Å²) in [6, 6.07) is 11.3. The van der Waals surface area contributed by atoms with E-state index in [1.165, 1.54) is 31.9 Å². The summed E-state index contributed by atoms with van der Waals surface area (Å²) in [4.78, 5) is 22.9. The van der Waals surface area contributed by atoms with Crippen LogP contribution < -0.4 is 14.8 Å². The van der Waals surface area contributed by atoms with Crippen molar-refractivity contribution in [2.75, 3.05) is 26.9 Å². The summed E-state index contributed by atoms with van der Waals surface area (Å²) in [7, 11) is 1.32. The fraction of sp³-hybridized carbons (Fsp3) is 0.407. The van der Waals surface area contributed by atoms with Gasteiger partial charge in [0.05, 0.1) is 31.5 Å². The van der Waals surface area contributed by atoms with Crippen LogP contribution in [0.3, 0.4) is 0 Å². The predicted octanol–water partition coefficient (Wildman–Crippen LogP) is 5.18. The Balaban J connectivity index is 1.55. The average molecular weight is 479 g/mol. The molecule has 0 saturated heterocycles. The highest BCUT2D eigenvalue weighted by Gasteiger charge is 2.29. The topological polar surface area (TPSA) is 99.0 Å². The van der Waals surface area contributed by atoms with Gasteiger partial charge in [-0.05, 0) is 48.6 Å². The minimum atomic E-state index is -0.921. The Labute approximate surface area is 203 Å². The van der Waals surface area contributed by atoms with E-state index < -0.39 is 12.1 Å². The van der Waals surface area contributed by atoms with Crippen LogP contribution in [0.2, 0.25) is 0 Å². The van der Waals surface area contributed by atoms with Crippen LogP contribution in [-0.2, 0) is 11.3 Å². The van der Waals surface area contributed by atoms with Gasteiger partial charge in [0.1, 0.15) is 24.7 Å². The molecule has 35 heavy (non-hydrogen) atoms. The van der Waals surface area contributed by atoms with E-state index in [9.17, 15) is 14.7 Å². The molecular formula is C27H30N2O6. The van der Waals surface area contributed by atoms with Crippen molar-refractivity contribution in [3.05, 3.63) is 47.5 Å². The number of benzene rings is 2. The van der Waals surface area contributed by atoms with Gasteiger partial charge in [0, 0.05) is 22.5 Å². The van der Waals surface area contributed by atoms with Gasteiger partial charge in [-0.1, -0.05) is 25.3 Å². The van der Waals surface area contributed by atoms with Crippen LogP contribution in [0.4, 0.5) is 4.79 Å². The van der Waals surface area contributed by atoms with Crippen molar-refractivity contribution in [2.45, 2.75) is 44.6 Å². The van der Waals surface area contributed by atoms with Gasteiger partial charge in [-0.25, -0.2) is 9.59 Å². The SMILES string of the molecule is COC(=O)NCCOc1ccc2c(c1)OCCn1c-2c(C2CCCCC2)c2ccc(C(=O)O)cc21. The number of fused-ring (bicyclic) bond motifs is 5. The standard InChI is InChI=1S/C27H30N2O6/c1-33-27(32)28-11-13-34-19-8-10-21-23(16-19)35-14-12-29-22-15-18(26(30)31)7-9-20(22)24(25(21)29)17-5-3-2-4-6-17/h7-10,15-17H,2-6,11-14H2,1H3,(H,28,32)(H,30,31). The zero-order valence-electron chi connectivity index (χ0n) is 19.8.